The molecule has 0 atom stereocenters. The predicted molar refractivity (Wildman–Crippen MR) is 80.3 cm³/mol. The molecule has 4 heteroatoms. The molecule has 4 N–H and O–H groups in total. The van der Waals surface area contributed by atoms with Gasteiger partial charge in [-0.2, -0.15) is 0 Å². The number of nitrogens with one attached hydrogen (secondary N) is 2. The summed E-state index contributed by atoms with van der Waals surface area (Å²) in [7, 11) is 0. The lowest BCUT2D eigenvalue weighted by atomic mass is 9.98. The van der Waals surface area contributed by atoms with Gasteiger partial charge in [-0.25, -0.2) is 4.79 Å². The number of anilines is 1. The molecule has 4 nitrogen and oxygen atoms in total. The summed E-state index contributed by atoms with van der Waals surface area (Å²) < 4.78 is 0. The lowest BCUT2D eigenvalue weighted by molar-refractivity contribution is 0.248. The van der Waals surface area contributed by atoms with Crippen molar-refractivity contribution in [3.8, 4) is 0 Å². The molecule has 1 aromatic rings. The van der Waals surface area contributed by atoms with Crippen molar-refractivity contribution in [2.45, 2.75) is 32.2 Å². The maximum absolute atomic E-state index is 11.9. The minimum absolute atomic E-state index is 0.100. The van der Waals surface area contributed by atoms with Crippen molar-refractivity contribution in [3.05, 3.63) is 29.8 Å². The third-order valence-corrected chi connectivity index (χ3v) is 4.40. The standard InChI is InChI=1S/C16H23N3O/c17-9-11-1-7-14(8-2-11)19-16(20)18-10-15(12-3-4-12)13-5-6-13/h1-2,7-8,12-13,15H,3-6,9-10,17H2,(H2,18,19,20). The quantitative estimate of drug-likeness (QED) is 0.746. The molecule has 0 unspecified atom stereocenters. The second-order valence-electron chi connectivity index (χ2n) is 6.07. The maximum Gasteiger partial charge on any atom is 0.319 e. The molecule has 0 bridgehead atoms. The van der Waals surface area contributed by atoms with Gasteiger partial charge in [0.05, 0.1) is 0 Å². The van der Waals surface area contributed by atoms with Crippen molar-refractivity contribution in [3.63, 3.8) is 0 Å². The molecular weight excluding hydrogens is 250 g/mol. The molecule has 2 aliphatic rings. The highest BCUT2D eigenvalue weighted by molar-refractivity contribution is 5.89. The summed E-state index contributed by atoms with van der Waals surface area (Å²) in [4.78, 5) is 11.9. The minimum Gasteiger partial charge on any atom is -0.338 e. The van der Waals surface area contributed by atoms with Crippen LogP contribution >= 0.6 is 0 Å². The van der Waals surface area contributed by atoms with Crippen molar-refractivity contribution in [2.24, 2.45) is 23.5 Å². The van der Waals surface area contributed by atoms with E-state index in [0.717, 1.165) is 29.6 Å². The lowest BCUT2D eigenvalue weighted by Gasteiger charge is -2.16. The Morgan fingerprint density at radius 3 is 2.25 bits per heavy atom. The Morgan fingerprint density at radius 1 is 1.15 bits per heavy atom. The van der Waals surface area contributed by atoms with Crippen LogP contribution in [0.1, 0.15) is 31.2 Å². The summed E-state index contributed by atoms with van der Waals surface area (Å²) in [6.45, 7) is 1.35. The zero-order valence-corrected chi connectivity index (χ0v) is 11.8. The number of benzene rings is 1. The number of carbonyl (C=O) groups excluding carboxylic acids is 1. The summed E-state index contributed by atoms with van der Waals surface area (Å²) in [5.41, 5.74) is 7.43. The Bertz CT molecular complexity index is 451. The molecule has 0 aliphatic heterocycles. The first-order valence-electron chi connectivity index (χ1n) is 7.60. The summed E-state index contributed by atoms with van der Waals surface area (Å²) in [5, 5.41) is 5.90. The maximum atomic E-state index is 11.9. The van der Waals surface area contributed by atoms with Crippen molar-refractivity contribution in [1.29, 1.82) is 0 Å². The molecule has 20 heavy (non-hydrogen) atoms. The molecule has 2 saturated carbocycles. The van der Waals surface area contributed by atoms with Gasteiger partial charge in [0.15, 0.2) is 0 Å². The largest absolute Gasteiger partial charge is 0.338 e. The average molecular weight is 273 g/mol. The molecule has 1 aromatic carbocycles. The van der Waals surface area contributed by atoms with Crippen LogP contribution in [0.15, 0.2) is 24.3 Å². The van der Waals surface area contributed by atoms with E-state index in [0.29, 0.717) is 12.5 Å². The Hall–Kier alpha value is -1.55. The van der Waals surface area contributed by atoms with Gasteiger partial charge in [0.2, 0.25) is 0 Å². The topological polar surface area (TPSA) is 67.1 Å². The fourth-order valence-electron chi connectivity index (χ4n) is 2.88. The molecule has 108 valence electrons. The second kappa shape index (κ2) is 5.83. The van der Waals surface area contributed by atoms with Crippen LogP contribution in [0.25, 0.3) is 0 Å². The number of hydrogen-bond donors (Lipinski definition) is 3. The van der Waals surface area contributed by atoms with Gasteiger partial charge in [-0.15, -0.1) is 0 Å². The number of nitrogens with two attached hydrogens (primary N) is 1. The molecule has 0 heterocycles. The van der Waals surface area contributed by atoms with E-state index >= 15 is 0 Å². The monoisotopic (exact) mass is 273 g/mol. The van der Waals surface area contributed by atoms with Crippen LogP contribution in [0, 0.1) is 17.8 Å². The van der Waals surface area contributed by atoms with Gasteiger partial charge in [-0.05, 0) is 61.1 Å². The van der Waals surface area contributed by atoms with Crippen molar-refractivity contribution < 1.29 is 4.79 Å². The first kappa shape index (κ1) is 13.4. The summed E-state index contributed by atoms with van der Waals surface area (Å²) in [6, 6.07) is 7.55. The van der Waals surface area contributed by atoms with Gasteiger partial charge in [0, 0.05) is 18.8 Å². The van der Waals surface area contributed by atoms with Gasteiger partial charge in [0.25, 0.3) is 0 Å². The van der Waals surface area contributed by atoms with Crippen LogP contribution in [0.5, 0.6) is 0 Å². The number of urea groups is 1. The van der Waals surface area contributed by atoms with Crippen LogP contribution < -0.4 is 16.4 Å². The zero-order chi connectivity index (χ0) is 13.9. The molecule has 0 spiro atoms. The molecule has 0 radical (unpaired) electrons. The first-order valence-corrected chi connectivity index (χ1v) is 7.60. The number of carbonyl (C=O) groups is 1. The van der Waals surface area contributed by atoms with E-state index in [-0.39, 0.29) is 6.03 Å². The fourth-order valence-corrected chi connectivity index (χ4v) is 2.88. The molecule has 3 rings (SSSR count). The van der Waals surface area contributed by atoms with Gasteiger partial charge in [-0.1, -0.05) is 12.1 Å². The Morgan fingerprint density at radius 2 is 1.75 bits per heavy atom. The lowest BCUT2D eigenvalue weighted by Crippen LogP contribution is -2.34. The molecule has 2 amide bonds. The Labute approximate surface area is 120 Å². The van der Waals surface area contributed by atoms with Crippen LogP contribution in [-0.4, -0.2) is 12.6 Å². The SMILES string of the molecule is NCc1ccc(NC(=O)NCC(C2CC2)C2CC2)cc1. The van der Waals surface area contributed by atoms with Crippen LogP contribution in [0.4, 0.5) is 10.5 Å². The smallest absolute Gasteiger partial charge is 0.319 e. The van der Waals surface area contributed by atoms with E-state index in [1.54, 1.807) is 0 Å². The van der Waals surface area contributed by atoms with E-state index in [4.69, 9.17) is 5.73 Å². The van der Waals surface area contributed by atoms with Crippen LogP contribution in [0.2, 0.25) is 0 Å². The summed E-state index contributed by atoms with van der Waals surface area (Å²) in [6.07, 6.45) is 5.41. The highest BCUT2D eigenvalue weighted by atomic mass is 16.2. The van der Waals surface area contributed by atoms with E-state index in [9.17, 15) is 4.79 Å². The third-order valence-electron chi connectivity index (χ3n) is 4.40. The highest BCUT2D eigenvalue weighted by Crippen LogP contribution is 2.48. The molecule has 2 fully saturated rings. The van der Waals surface area contributed by atoms with E-state index < -0.39 is 0 Å². The first-order chi connectivity index (χ1) is 9.76. The van der Waals surface area contributed by atoms with Gasteiger partial charge < -0.3 is 16.4 Å². The minimum atomic E-state index is -0.100. The van der Waals surface area contributed by atoms with E-state index in [2.05, 4.69) is 10.6 Å². The fraction of sp³-hybridized carbons (Fsp3) is 0.562. The normalized spacial score (nSPS) is 18.1. The van der Waals surface area contributed by atoms with Gasteiger partial charge in [-0.3, -0.25) is 0 Å². The zero-order valence-electron chi connectivity index (χ0n) is 11.8. The highest BCUT2D eigenvalue weighted by Gasteiger charge is 2.41. The van der Waals surface area contributed by atoms with Crippen LogP contribution in [0.3, 0.4) is 0 Å². The third kappa shape index (κ3) is 3.51. The van der Waals surface area contributed by atoms with E-state index in [1.807, 2.05) is 24.3 Å². The molecule has 2 aliphatic carbocycles. The predicted octanol–water partition coefficient (Wildman–Crippen LogP) is 2.70. The van der Waals surface area contributed by atoms with E-state index in [1.165, 1.54) is 25.7 Å². The molecule has 0 aromatic heterocycles. The molecule has 0 saturated heterocycles. The Balaban J connectivity index is 1.46. The van der Waals surface area contributed by atoms with Gasteiger partial charge >= 0.3 is 6.03 Å². The summed E-state index contributed by atoms with van der Waals surface area (Å²) >= 11 is 0. The Kier molecular flexibility index (Phi) is 3.92. The van der Waals surface area contributed by atoms with Crippen LogP contribution in [-0.2, 0) is 6.54 Å². The summed E-state index contributed by atoms with van der Waals surface area (Å²) in [5.74, 6) is 2.44. The van der Waals surface area contributed by atoms with Crippen molar-refractivity contribution >= 4 is 11.7 Å². The second-order valence-corrected chi connectivity index (χ2v) is 6.07. The number of hydrogen-bond acceptors (Lipinski definition) is 2. The van der Waals surface area contributed by atoms with Gasteiger partial charge in [0.1, 0.15) is 0 Å². The average Bonchev–Trinajstić information content (AvgIpc) is 3.33. The van der Waals surface area contributed by atoms with Crippen molar-refractivity contribution in [2.75, 3.05) is 11.9 Å². The number of amides is 2. The number of rotatable bonds is 6. The van der Waals surface area contributed by atoms with Crippen molar-refractivity contribution in [1.82, 2.24) is 5.32 Å². The molecular formula is C16H23N3O.